The molecular weight excluding hydrogens is 535 g/mol. The van der Waals surface area contributed by atoms with Crippen LogP contribution in [-0.4, -0.2) is 61.1 Å². The Morgan fingerprint density at radius 2 is 1.51 bits per heavy atom. The first-order valence-corrected chi connectivity index (χ1v) is 14.0. The summed E-state index contributed by atoms with van der Waals surface area (Å²) in [5.41, 5.74) is 2.63. The fourth-order valence-corrected chi connectivity index (χ4v) is 5.33. The van der Waals surface area contributed by atoms with Crippen molar-refractivity contribution >= 4 is 35.1 Å². The summed E-state index contributed by atoms with van der Waals surface area (Å²) in [6.45, 7) is 7.59. The number of hydrogen-bond acceptors (Lipinski definition) is 5. The first kappa shape index (κ1) is 27.3. The number of hydrogen-bond donors (Lipinski definition) is 1. The first-order valence-electron chi connectivity index (χ1n) is 13.3. The van der Waals surface area contributed by atoms with E-state index in [9.17, 15) is 4.79 Å². The Morgan fingerprint density at radius 3 is 2.13 bits per heavy atom. The van der Waals surface area contributed by atoms with E-state index in [0.717, 1.165) is 29.8 Å². The van der Waals surface area contributed by atoms with Crippen LogP contribution in [0.5, 0.6) is 11.5 Å². The van der Waals surface area contributed by atoms with Gasteiger partial charge in [0.25, 0.3) is 0 Å². The van der Waals surface area contributed by atoms with Gasteiger partial charge in [-0.05, 0) is 61.4 Å². The standard InChI is InChI=1S/C30H32Cl2N4O3/c1-3-38-24-13-14-25(26(19-24)39-4-2)29-34-27(20-5-9-22(31)10-6-20)28(21-7-11-23(32)12-8-21)36(29)30(37)35-17-15-33-16-18-35/h5-14,19,27-28,33H,3-4,15-18H2,1-2H3/t27-,28+/m1/s1. The van der Waals surface area contributed by atoms with Gasteiger partial charge < -0.3 is 19.7 Å². The molecule has 2 amide bonds. The number of aliphatic imine (C=N–C) groups is 1. The molecule has 3 aromatic carbocycles. The zero-order valence-corrected chi connectivity index (χ0v) is 23.6. The van der Waals surface area contributed by atoms with Crippen LogP contribution < -0.4 is 14.8 Å². The van der Waals surface area contributed by atoms with Crippen molar-refractivity contribution in [1.29, 1.82) is 0 Å². The second-order valence-corrected chi connectivity index (χ2v) is 10.2. The summed E-state index contributed by atoms with van der Waals surface area (Å²) in [5.74, 6) is 1.88. The van der Waals surface area contributed by atoms with E-state index < -0.39 is 6.04 Å². The molecule has 0 aliphatic carbocycles. The molecule has 2 heterocycles. The number of ether oxygens (including phenoxy) is 2. The van der Waals surface area contributed by atoms with E-state index in [1.165, 1.54) is 0 Å². The van der Waals surface area contributed by atoms with Crippen molar-refractivity contribution in [3.63, 3.8) is 0 Å². The molecule has 1 fully saturated rings. The number of carbonyl (C=O) groups excluding carboxylic acids is 1. The van der Waals surface area contributed by atoms with Gasteiger partial charge in [0.05, 0.1) is 24.8 Å². The smallest absolute Gasteiger partial charge is 0.326 e. The fraction of sp³-hybridized carbons (Fsp3) is 0.333. The number of amidine groups is 1. The Hall–Kier alpha value is -3.26. The minimum absolute atomic E-state index is 0.0944. The third-order valence-corrected chi connectivity index (χ3v) is 7.39. The number of nitrogens with one attached hydrogen (secondary N) is 1. The van der Waals surface area contributed by atoms with Crippen LogP contribution in [0.1, 0.15) is 42.6 Å². The maximum Gasteiger partial charge on any atom is 0.326 e. The molecule has 1 N–H and O–H groups in total. The summed E-state index contributed by atoms with van der Waals surface area (Å²) in [7, 11) is 0. The lowest BCUT2D eigenvalue weighted by molar-refractivity contribution is 0.157. The Balaban J connectivity index is 1.69. The van der Waals surface area contributed by atoms with Crippen molar-refractivity contribution in [3.05, 3.63) is 93.5 Å². The van der Waals surface area contributed by atoms with Crippen LogP contribution in [0.3, 0.4) is 0 Å². The second-order valence-electron chi connectivity index (χ2n) is 9.36. The monoisotopic (exact) mass is 566 g/mol. The number of carbonyl (C=O) groups is 1. The van der Waals surface area contributed by atoms with Crippen molar-refractivity contribution in [2.75, 3.05) is 39.4 Å². The maximum absolute atomic E-state index is 14.3. The van der Waals surface area contributed by atoms with Crippen molar-refractivity contribution in [3.8, 4) is 11.5 Å². The molecule has 5 rings (SSSR count). The highest BCUT2D eigenvalue weighted by atomic mass is 35.5. The van der Waals surface area contributed by atoms with Crippen LogP contribution in [0.15, 0.2) is 71.7 Å². The van der Waals surface area contributed by atoms with Gasteiger partial charge in [0, 0.05) is 42.3 Å². The average Bonchev–Trinajstić information content (AvgIpc) is 3.35. The van der Waals surface area contributed by atoms with E-state index in [1.54, 1.807) is 0 Å². The number of nitrogens with zero attached hydrogens (tertiary/aromatic N) is 3. The quantitative estimate of drug-likeness (QED) is 0.361. The number of piperazine rings is 1. The number of benzene rings is 3. The van der Waals surface area contributed by atoms with Crippen LogP contribution in [-0.2, 0) is 0 Å². The van der Waals surface area contributed by atoms with Gasteiger partial charge in [-0.15, -0.1) is 0 Å². The topological polar surface area (TPSA) is 66.4 Å². The molecule has 1 saturated heterocycles. The molecule has 3 aromatic rings. The lowest BCUT2D eigenvalue weighted by Crippen LogP contribution is -2.53. The van der Waals surface area contributed by atoms with E-state index in [1.807, 2.05) is 90.4 Å². The normalized spacial score (nSPS) is 19.1. The summed E-state index contributed by atoms with van der Waals surface area (Å²) in [6, 6.07) is 20.1. The van der Waals surface area contributed by atoms with Crippen LogP contribution in [0.25, 0.3) is 0 Å². The molecule has 2 aliphatic rings. The molecule has 204 valence electrons. The minimum Gasteiger partial charge on any atom is -0.494 e. The van der Waals surface area contributed by atoms with Gasteiger partial charge in [-0.25, -0.2) is 4.79 Å². The lowest BCUT2D eigenvalue weighted by atomic mass is 9.93. The van der Waals surface area contributed by atoms with Crippen LogP contribution in [0.2, 0.25) is 10.0 Å². The minimum atomic E-state index is -0.401. The van der Waals surface area contributed by atoms with Gasteiger partial charge in [0.2, 0.25) is 0 Å². The SMILES string of the molecule is CCOc1ccc(C2=N[C@H](c3ccc(Cl)cc3)[C@H](c3ccc(Cl)cc3)N2C(=O)N2CCNCC2)c(OCC)c1. The Kier molecular flexibility index (Phi) is 8.60. The molecule has 0 aromatic heterocycles. The molecule has 0 unspecified atom stereocenters. The van der Waals surface area contributed by atoms with E-state index in [0.29, 0.717) is 53.7 Å². The molecular formula is C30H32Cl2N4O3. The molecule has 2 atom stereocenters. The largest absolute Gasteiger partial charge is 0.494 e. The molecule has 2 aliphatic heterocycles. The molecule has 9 heteroatoms. The molecule has 0 spiro atoms. The highest BCUT2D eigenvalue weighted by Gasteiger charge is 2.44. The van der Waals surface area contributed by atoms with E-state index in [-0.39, 0.29) is 12.1 Å². The third kappa shape index (κ3) is 5.86. The second kappa shape index (κ2) is 12.3. The molecule has 0 radical (unpaired) electrons. The molecule has 0 saturated carbocycles. The van der Waals surface area contributed by atoms with Gasteiger partial charge in [-0.1, -0.05) is 47.5 Å². The Morgan fingerprint density at radius 1 is 0.897 bits per heavy atom. The Labute approximate surface area is 239 Å². The van der Waals surface area contributed by atoms with E-state index >= 15 is 0 Å². The van der Waals surface area contributed by atoms with Gasteiger partial charge in [0.15, 0.2) is 0 Å². The summed E-state index contributed by atoms with van der Waals surface area (Å²) in [6.07, 6.45) is 0. The highest BCUT2D eigenvalue weighted by molar-refractivity contribution is 6.30. The van der Waals surface area contributed by atoms with Crippen molar-refractivity contribution in [2.45, 2.75) is 25.9 Å². The highest BCUT2D eigenvalue weighted by Crippen LogP contribution is 2.45. The van der Waals surface area contributed by atoms with E-state index in [4.69, 9.17) is 37.7 Å². The lowest BCUT2D eigenvalue weighted by Gasteiger charge is -2.36. The van der Waals surface area contributed by atoms with Crippen LogP contribution in [0, 0.1) is 0 Å². The van der Waals surface area contributed by atoms with Gasteiger partial charge in [0.1, 0.15) is 23.4 Å². The molecule has 39 heavy (non-hydrogen) atoms. The van der Waals surface area contributed by atoms with Gasteiger partial charge in [-0.2, -0.15) is 0 Å². The summed E-state index contributed by atoms with van der Waals surface area (Å²) in [5, 5.41) is 4.60. The van der Waals surface area contributed by atoms with Crippen molar-refractivity contribution < 1.29 is 14.3 Å². The maximum atomic E-state index is 14.3. The first-order chi connectivity index (χ1) is 19.0. The summed E-state index contributed by atoms with van der Waals surface area (Å²) in [4.78, 5) is 23.3. The average molecular weight is 568 g/mol. The number of rotatable bonds is 7. The number of urea groups is 1. The van der Waals surface area contributed by atoms with Gasteiger partial charge >= 0.3 is 6.03 Å². The zero-order chi connectivity index (χ0) is 27.4. The fourth-order valence-electron chi connectivity index (χ4n) is 5.08. The van der Waals surface area contributed by atoms with Crippen LogP contribution >= 0.6 is 23.2 Å². The molecule has 7 nitrogen and oxygen atoms in total. The third-order valence-electron chi connectivity index (χ3n) is 6.89. The Bertz CT molecular complexity index is 1330. The van der Waals surface area contributed by atoms with Crippen LogP contribution in [0.4, 0.5) is 4.79 Å². The zero-order valence-electron chi connectivity index (χ0n) is 22.1. The van der Waals surface area contributed by atoms with Crippen molar-refractivity contribution in [1.82, 2.24) is 15.1 Å². The summed E-state index contributed by atoms with van der Waals surface area (Å²) < 4.78 is 11.8. The predicted molar refractivity (Wildman–Crippen MR) is 155 cm³/mol. The molecule has 0 bridgehead atoms. The van der Waals surface area contributed by atoms with Gasteiger partial charge in [-0.3, -0.25) is 9.89 Å². The summed E-state index contributed by atoms with van der Waals surface area (Å²) >= 11 is 12.5. The number of amides is 2. The van der Waals surface area contributed by atoms with E-state index in [2.05, 4.69) is 5.32 Å². The number of halogens is 2. The predicted octanol–water partition coefficient (Wildman–Crippen LogP) is 6.36. The van der Waals surface area contributed by atoms with Crippen molar-refractivity contribution in [2.24, 2.45) is 4.99 Å².